The molecule has 2 saturated carbocycles. The van der Waals surface area contributed by atoms with Crippen molar-refractivity contribution in [3.8, 4) is 0 Å². The van der Waals surface area contributed by atoms with E-state index in [1.165, 1.54) is 38.6 Å². The van der Waals surface area contributed by atoms with Crippen molar-refractivity contribution >= 4 is 11.5 Å². The van der Waals surface area contributed by atoms with Crippen molar-refractivity contribution in [3.63, 3.8) is 0 Å². The molecule has 2 aromatic heterocycles. The Morgan fingerprint density at radius 1 is 1.00 bits per heavy atom. The van der Waals surface area contributed by atoms with Gasteiger partial charge in [0, 0.05) is 18.7 Å². The van der Waals surface area contributed by atoms with Crippen LogP contribution in [0.25, 0.3) is 5.65 Å². The Morgan fingerprint density at radius 2 is 1.76 bits per heavy atom. The van der Waals surface area contributed by atoms with Crippen LogP contribution >= 0.6 is 0 Å². The third kappa shape index (κ3) is 1.79. The first-order chi connectivity index (χ1) is 10.3. The first-order valence-corrected chi connectivity index (χ1v) is 8.20. The lowest BCUT2D eigenvalue weighted by Crippen LogP contribution is -2.38. The minimum atomic E-state index is 0.695. The second-order valence-electron chi connectivity index (χ2n) is 7.31. The summed E-state index contributed by atoms with van der Waals surface area (Å²) in [6.45, 7) is 3.15. The van der Waals surface area contributed by atoms with Gasteiger partial charge in [0.05, 0.1) is 0 Å². The molecule has 5 heteroatoms. The van der Waals surface area contributed by atoms with Gasteiger partial charge in [0.1, 0.15) is 18.0 Å². The van der Waals surface area contributed by atoms with Gasteiger partial charge in [-0.25, -0.2) is 4.98 Å². The molecule has 4 heterocycles. The van der Waals surface area contributed by atoms with Crippen molar-refractivity contribution < 1.29 is 0 Å². The van der Waals surface area contributed by atoms with E-state index in [2.05, 4.69) is 21.2 Å². The summed E-state index contributed by atoms with van der Waals surface area (Å²) in [6, 6.07) is 2.81. The SMILES string of the molecule is Cc1nnc2cc(N3CC4CC5CC(C4)CC3C5)ncn12. The fourth-order valence-electron chi connectivity index (χ4n) is 5.12. The Labute approximate surface area is 124 Å². The standard InChI is InChI=1S/C16H21N5/c1-10-18-19-16-7-15(17-9-21(10)16)20-8-13-3-11-2-12(4-13)6-14(20)5-11/h7,9,11-14H,2-6,8H2,1H3. The Hall–Kier alpha value is -1.65. The summed E-state index contributed by atoms with van der Waals surface area (Å²) in [5.74, 6) is 4.82. The van der Waals surface area contributed by atoms with Crippen molar-refractivity contribution in [3.05, 3.63) is 18.2 Å². The van der Waals surface area contributed by atoms with E-state index in [9.17, 15) is 0 Å². The summed E-state index contributed by atoms with van der Waals surface area (Å²) in [6.07, 6.45) is 8.98. The normalized spacial score (nSPS) is 34.6. The van der Waals surface area contributed by atoms with E-state index in [4.69, 9.17) is 4.98 Å². The van der Waals surface area contributed by atoms with E-state index in [0.717, 1.165) is 35.0 Å². The fourth-order valence-corrected chi connectivity index (χ4v) is 5.12. The molecule has 0 spiro atoms. The van der Waals surface area contributed by atoms with Crippen LogP contribution in [0.5, 0.6) is 0 Å². The van der Waals surface area contributed by atoms with Crippen LogP contribution in [0.1, 0.15) is 37.9 Å². The quantitative estimate of drug-likeness (QED) is 0.806. The van der Waals surface area contributed by atoms with Crippen molar-refractivity contribution in [1.82, 2.24) is 19.6 Å². The highest BCUT2D eigenvalue weighted by atomic mass is 15.3. The maximum atomic E-state index is 4.71. The highest BCUT2D eigenvalue weighted by Gasteiger charge is 2.43. The number of aromatic nitrogens is 4. The molecule has 4 fully saturated rings. The molecule has 0 amide bonds. The van der Waals surface area contributed by atoms with Crippen LogP contribution in [0, 0.1) is 24.7 Å². The van der Waals surface area contributed by atoms with Crippen LogP contribution in [0.15, 0.2) is 12.4 Å². The Balaban J connectivity index is 1.55. The zero-order chi connectivity index (χ0) is 14.0. The Kier molecular flexibility index (Phi) is 2.38. The minimum Gasteiger partial charge on any atom is -0.353 e. The van der Waals surface area contributed by atoms with E-state index in [-0.39, 0.29) is 0 Å². The summed E-state index contributed by atoms with van der Waals surface area (Å²) >= 11 is 0. The smallest absolute Gasteiger partial charge is 0.165 e. The van der Waals surface area contributed by atoms with Crippen LogP contribution in [0.4, 0.5) is 5.82 Å². The zero-order valence-electron chi connectivity index (χ0n) is 12.4. The molecular weight excluding hydrogens is 262 g/mol. The average Bonchev–Trinajstić information content (AvgIpc) is 2.73. The molecule has 4 aliphatic rings. The largest absolute Gasteiger partial charge is 0.353 e. The molecule has 0 radical (unpaired) electrons. The average molecular weight is 283 g/mol. The van der Waals surface area contributed by atoms with Crippen LogP contribution in [0.3, 0.4) is 0 Å². The maximum Gasteiger partial charge on any atom is 0.165 e. The molecule has 2 saturated heterocycles. The van der Waals surface area contributed by atoms with Crippen LogP contribution < -0.4 is 4.90 Å². The van der Waals surface area contributed by atoms with Gasteiger partial charge in [0.25, 0.3) is 0 Å². The lowest BCUT2D eigenvalue weighted by Gasteiger charge is -2.39. The van der Waals surface area contributed by atoms with Gasteiger partial charge >= 0.3 is 0 Å². The number of hydrogen-bond donors (Lipinski definition) is 0. The van der Waals surface area contributed by atoms with Gasteiger partial charge in [0.2, 0.25) is 0 Å². The molecular formula is C16H21N5. The van der Waals surface area contributed by atoms with Crippen LogP contribution in [-0.2, 0) is 0 Å². The van der Waals surface area contributed by atoms with Gasteiger partial charge in [-0.3, -0.25) is 4.40 Å². The van der Waals surface area contributed by atoms with Crippen molar-refractivity contribution in [2.24, 2.45) is 17.8 Å². The molecule has 2 aromatic rings. The van der Waals surface area contributed by atoms with Crippen LogP contribution in [-0.4, -0.2) is 32.2 Å². The van der Waals surface area contributed by atoms with E-state index in [0.29, 0.717) is 6.04 Å². The Morgan fingerprint density at radius 3 is 2.57 bits per heavy atom. The minimum absolute atomic E-state index is 0.695. The molecule has 6 rings (SSSR count). The van der Waals surface area contributed by atoms with Gasteiger partial charge in [-0.2, -0.15) is 0 Å². The van der Waals surface area contributed by atoms with Gasteiger partial charge in [-0.15, -0.1) is 10.2 Å². The molecule has 0 aromatic carbocycles. The highest BCUT2D eigenvalue weighted by molar-refractivity contribution is 5.52. The van der Waals surface area contributed by atoms with E-state index in [1.54, 1.807) is 0 Å². The van der Waals surface area contributed by atoms with Crippen molar-refractivity contribution in [1.29, 1.82) is 0 Å². The number of hydrogen-bond acceptors (Lipinski definition) is 4. The Bertz CT molecular complexity index is 679. The third-order valence-electron chi connectivity index (χ3n) is 5.86. The molecule has 21 heavy (non-hydrogen) atoms. The highest BCUT2D eigenvalue weighted by Crippen LogP contribution is 2.48. The molecule has 2 aliphatic heterocycles. The molecule has 4 bridgehead atoms. The molecule has 2 aliphatic carbocycles. The molecule has 2 atom stereocenters. The van der Waals surface area contributed by atoms with E-state index >= 15 is 0 Å². The van der Waals surface area contributed by atoms with Crippen LogP contribution in [0.2, 0.25) is 0 Å². The second-order valence-corrected chi connectivity index (χ2v) is 7.31. The summed E-state index contributed by atoms with van der Waals surface area (Å²) in [7, 11) is 0. The van der Waals surface area contributed by atoms with Gasteiger partial charge in [-0.05, 0) is 56.8 Å². The number of nitrogens with zero attached hydrogens (tertiary/aromatic N) is 5. The lowest BCUT2D eigenvalue weighted by atomic mass is 9.68. The third-order valence-corrected chi connectivity index (χ3v) is 5.86. The van der Waals surface area contributed by atoms with E-state index in [1.807, 2.05) is 17.7 Å². The lowest BCUT2D eigenvalue weighted by molar-refractivity contribution is 0.157. The fraction of sp³-hybridized carbons (Fsp3) is 0.688. The zero-order valence-corrected chi connectivity index (χ0v) is 12.4. The summed E-state index contributed by atoms with van der Waals surface area (Å²) in [4.78, 5) is 7.29. The second kappa shape index (κ2) is 4.18. The summed E-state index contributed by atoms with van der Waals surface area (Å²) in [5.41, 5.74) is 0.918. The number of anilines is 1. The molecule has 0 N–H and O–H groups in total. The first kappa shape index (κ1) is 12.0. The number of aryl methyl sites for hydroxylation is 1. The van der Waals surface area contributed by atoms with E-state index < -0.39 is 0 Å². The predicted molar refractivity (Wildman–Crippen MR) is 80.2 cm³/mol. The van der Waals surface area contributed by atoms with Gasteiger partial charge in [0.15, 0.2) is 5.65 Å². The predicted octanol–water partition coefficient (Wildman–Crippen LogP) is 2.45. The van der Waals surface area contributed by atoms with Crippen molar-refractivity contribution in [2.45, 2.75) is 45.1 Å². The monoisotopic (exact) mass is 283 g/mol. The summed E-state index contributed by atoms with van der Waals surface area (Å²) in [5, 5.41) is 8.39. The number of fused-ring (bicyclic) bond motifs is 2. The topological polar surface area (TPSA) is 46.3 Å². The maximum absolute atomic E-state index is 4.71. The molecule has 2 unspecified atom stereocenters. The van der Waals surface area contributed by atoms with Crippen molar-refractivity contribution in [2.75, 3.05) is 11.4 Å². The first-order valence-electron chi connectivity index (χ1n) is 8.20. The van der Waals surface area contributed by atoms with Gasteiger partial charge < -0.3 is 4.90 Å². The molecule has 110 valence electrons. The summed E-state index contributed by atoms with van der Waals surface area (Å²) < 4.78 is 1.96. The van der Waals surface area contributed by atoms with Gasteiger partial charge in [-0.1, -0.05) is 0 Å². The molecule has 5 nitrogen and oxygen atoms in total. The number of rotatable bonds is 1.